The summed E-state index contributed by atoms with van der Waals surface area (Å²) in [4.78, 5) is 29.5. The van der Waals surface area contributed by atoms with Gasteiger partial charge in [-0.2, -0.15) is 21.0 Å². The van der Waals surface area contributed by atoms with Gasteiger partial charge in [0.1, 0.15) is 0 Å². The van der Waals surface area contributed by atoms with Crippen LogP contribution < -0.4 is 40.9 Å². The first-order valence-electron chi connectivity index (χ1n) is 23.7. The van der Waals surface area contributed by atoms with Crippen molar-refractivity contribution in [1.29, 1.82) is 21.0 Å². The van der Waals surface area contributed by atoms with Crippen molar-refractivity contribution in [2.45, 2.75) is 182 Å². The SMILES string of the molecule is CC#N.CC#N.CC#N.CC#N.O.O.O.O.O.O.O.O.[O-]C1=NCCCC1.[O-]C1=NCCCC1.[O-]C1=NCCCC1.[O-]C1=NCCCC1.[O-]C1=NCCCC1.[O-]C1=NCCCC1.[O-]C1=NCCCC1.[O-]C1=NCCCC1.[Rh+2].[Rh+2].[Rh+2].[Rh+2]. The molecule has 8 heterocycles. The Morgan fingerprint density at radius 1 is 0.225 bits per heavy atom. The summed E-state index contributed by atoms with van der Waals surface area (Å²) < 4.78 is 0. The molecule has 8 aliphatic rings. The first kappa shape index (κ1) is 119. The fraction of sp³-hybridized carbons (Fsp3) is 0.750. The van der Waals surface area contributed by atoms with Crippen molar-refractivity contribution >= 4 is 47.2 Å². The third-order valence-corrected chi connectivity index (χ3v) is 8.70. The summed E-state index contributed by atoms with van der Waals surface area (Å²) in [6, 6.07) is 7.00. The van der Waals surface area contributed by atoms with E-state index in [9.17, 15) is 40.9 Å². The molecule has 28 nitrogen and oxygen atoms in total. The molecule has 0 atom stereocenters. The average Bonchev–Trinajstić information content (AvgIpc) is 3.34. The molecule has 476 valence electrons. The van der Waals surface area contributed by atoms with E-state index in [1.165, 1.54) is 27.7 Å². The third-order valence-electron chi connectivity index (χ3n) is 8.70. The number of hydrogen-bond donors (Lipinski definition) is 0. The fourth-order valence-electron chi connectivity index (χ4n) is 5.37. The Kier molecular flexibility index (Phi) is 149. The minimum Gasteiger partial charge on any atom is -0.862 e. The fourth-order valence-corrected chi connectivity index (χ4v) is 5.37. The Morgan fingerprint density at radius 2 is 0.300 bits per heavy atom. The zero-order valence-electron chi connectivity index (χ0n) is 46.6. The van der Waals surface area contributed by atoms with Crippen molar-refractivity contribution in [3.05, 3.63) is 0 Å². The molecule has 0 aromatic rings. The zero-order valence-corrected chi connectivity index (χ0v) is 53.1. The largest absolute Gasteiger partial charge is 2.00 e. The molecular weight excluding hydrogens is 1410 g/mol. The van der Waals surface area contributed by atoms with E-state index in [1.54, 1.807) is 24.3 Å². The van der Waals surface area contributed by atoms with Crippen LogP contribution in [0.3, 0.4) is 0 Å². The van der Waals surface area contributed by atoms with Crippen molar-refractivity contribution < 1.29 is 163 Å². The van der Waals surface area contributed by atoms with Gasteiger partial charge in [0, 0.05) is 80.1 Å². The topological polar surface area (TPSA) is 631 Å². The summed E-state index contributed by atoms with van der Waals surface area (Å²) in [5.41, 5.74) is 0. The molecule has 4 radical (unpaired) electrons. The molecule has 0 amide bonds. The van der Waals surface area contributed by atoms with Crippen molar-refractivity contribution in [3.63, 3.8) is 0 Å². The van der Waals surface area contributed by atoms with Crippen molar-refractivity contribution in [3.8, 4) is 24.3 Å². The van der Waals surface area contributed by atoms with Gasteiger partial charge in [0.05, 0.1) is 24.3 Å². The number of rotatable bonds is 0. The molecule has 16 N–H and O–H groups in total. The quantitative estimate of drug-likeness (QED) is 0.206. The molecule has 0 aromatic carbocycles. The van der Waals surface area contributed by atoms with Crippen LogP contribution in [0.1, 0.15) is 182 Å². The summed E-state index contributed by atoms with van der Waals surface area (Å²) in [6.07, 6.45) is 22.6. The van der Waals surface area contributed by atoms with E-state index in [0.29, 0.717) is 51.4 Å². The van der Waals surface area contributed by atoms with Gasteiger partial charge in [-0.05, 0) is 201 Å². The molecule has 0 bridgehead atoms. The Bertz CT molecular complexity index is 1360. The van der Waals surface area contributed by atoms with Gasteiger partial charge >= 0.3 is 77.9 Å². The monoisotopic (exact) mass is 1500 g/mol. The van der Waals surface area contributed by atoms with Crippen LogP contribution in [-0.2, 0) is 77.9 Å². The van der Waals surface area contributed by atoms with E-state index in [2.05, 4.69) is 39.9 Å². The molecule has 0 unspecified atom stereocenters. The summed E-state index contributed by atoms with van der Waals surface area (Å²) in [6.45, 7) is 11.8. The Labute approximate surface area is 525 Å². The Hall–Kier alpha value is -4.11. The smallest absolute Gasteiger partial charge is 0.862 e. The van der Waals surface area contributed by atoms with Gasteiger partial charge in [0.25, 0.3) is 0 Å². The van der Waals surface area contributed by atoms with E-state index >= 15 is 0 Å². The van der Waals surface area contributed by atoms with Gasteiger partial charge < -0.3 is 125 Å². The van der Waals surface area contributed by atoms with E-state index in [-0.39, 0.29) is 169 Å². The second kappa shape index (κ2) is 100. The summed E-state index contributed by atoms with van der Waals surface area (Å²) in [5, 5.41) is 112. The van der Waals surface area contributed by atoms with Crippen molar-refractivity contribution in [1.82, 2.24) is 0 Å². The molecular formula is C48H92N12O16Rh4. The first-order chi connectivity index (χ1) is 32.8. The predicted octanol–water partition coefficient (Wildman–Crippen LogP) is -5.06. The summed E-state index contributed by atoms with van der Waals surface area (Å²) in [5.74, 6) is 0.713. The second-order valence-electron chi connectivity index (χ2n) is 14.8. The normalized spacial score (nSPS) is 15.4. The maximum absolute atomic E-state index is 10.3. The third kappa shape index (κ3) is 109. The van der Waals surface area contributed by atoms with Crippen molar-refractivity contribution in [2.75, 3.05) is 52.4 Å². The molecule has 0 saturated carbocycles. The maximum Gasteiger partial charge on any atom is 2.00 e. The number of hydrogen-bond acceptors (Lipinski definition) is 20. The molecule has 32 heteroatoms. The minimum atomic E-state index is 0. The summed E-state index contributed by atoms with van der Waals surface area (Å²) >= 11 is 0. The van der Waals surface area contributed by atoms with Gasteiger partial charge in [-0.3, -0.25) is 0 Å². The van der Waals surface area contributed by atoms with E-state index in [4.69, 9.17) is 21.0 Å². The number of nitriles is 4. The van der Waals surface area contributed by atoms with E-state index < -0.39 is 0 Å². The van der Waals surface area contributed by atoms with E-state index in [1.807, 2.05) is 0 Å². The van der Waals surface area contributed by atoms with Crippen LogP contribution in [0.25, 0.3) is 0 Å². The van der Waals surface area contributed by atoms with Crippen LogP contribution in [0.15, 0.2) is 39.9 Å². The van der Waals surface area contributed by atoms with Crippen LogP contribution in [0.2, 0.25) is 0 Å². The standard InChI is InChI=1S/8C5H9NO.4C2H3N.8H2O.4Rh/c8*7-5-3-1-2-4-6-5;4*1-2-3;;;;;;;;;;;;/h8*1-4H2,(H,6,7);4*1H3;8*1H2;;;;/q;;;;;;;;;;;;;;;;;;;;4*+2/p-8. The maximum atomic E-state index is 10.3. The molecule has 0 aromatic heterocycles. The Morgan fingerprint density at radius 3 is 0.325 bits per heavy atom. The molecule has 0 fully saturated rings. The average molecular weight is 1500 g/mol. The summed E-state index contributed by atoms with van der Waals surface area (Å²) in [7, 11) is 0. The van der Waals surface area contributed by atoms with Crippen LogP contribution >= 0.6 is 0 Å². The van der Waals surface area contributed by atoms with Gasteiger partial charge in [-0.15, -0.1) is 0 Å². The number of nitrogens with zero attached hydrogens (tertiary/aromatic N) is 12. The van der Waals surface area contributed by atoms with Crippen LogP contribution in [0, 0.1) is 45.3 Å². The molecule has 0 saturated heterocycles. The predicted molar refractivity (Wildman–Crippen MR) is 283 cm³/mol. The molecule has 0 spiro atoms. The van der Waals surface area contributed by atoms with Gasteiger partial charge in [-0.1, -0.05) is 0 Å². The Balaban J connectivity index is -0.0000000398. The second-order valence-corrected chi connectivity index (χ2v) is 14.8. The molecule has 80 heavy (non-hydrogen) atoms. The molecule has 8 rings (SSSR count). The van der Waals surface area contributed by atoms with Gasteiger partial charge in [0.2, 0.25) is 0 Å². The minimum absolute atomic E-state index is 0. The van der Waals surface area contributed by atoms with Gasteiger partial charge in [-0.25, -0.2) is 0 Å². The van der Waals surface area contributed by atoms with Crippen LogP contribution in [0.5, 0.6) is 0 Å². The van der Waals surface area contributed by atoms with Crippen LogP contribution in [-0.4, -0.2) is 143 Å². The molecule has 0 aliphatic carbocycles. The first-order valence-corrected chi connectivity index (χ1v) is 23.7. The van der Waals surface area contributed by atoms with Crippen LogP contribution in [0.4, 0.5) is 0 Å². The molecule has 8 aliphatic heterocycles. The van der Waals surface area contributed by atoms with Gasteiger partial charge in [0.15, 0.2) is 0 Å². The van der Waals surface area contributed by atoms with Crippen molar-refractivity contribution in [2.24, 2.45) is 39.9 Å². The zero-order chi connectivity index (χ0) is 51.7. The van der Waals surface area contributed by atoms with E-state index in [0.717, 1.165) is 155 Å². The number of aliphatic imine (C=N–C) groups is 8.